The van der Waals surface area contributed by atoms with Crippen molar-refractivity contribution in [2.24, 2.45) is 0 Å². The lowest BCUT2D eigenvalue weighted by atomic mass is 9.90. The molecule has 0 N–H and O–H groups in total. The fourth-order valence-corrected chi connectivity index (χ4v) is 3.19. The van der Waals surface area contributed by atoms with Gasteiger partial charge in [-0.1, -0.05) is 64.5 Å². The van der Waals surface area contributed by atoms with E-state index in [-0.39, 0.29) is 6.10 Å². The summed E-state index contributed by atoms with van der Waals surface area (Å²) in [5, 5.41) is 0. The highest BCUT2D eigenvalue weighted by molar-refractivity contribution is 9.10. The average molecular weight is 325 g/mol. The average Bonchev–Trinajstić information content (AvgIpc) is 2.87. The van der Waals surface area contributed by atoms with Crippen LogP contribution in [0.5, 0.6) is 5.75 Å². The third kappa shape index (κ3) is 1.83. The summed E-state index contributed by atoms with van der Waals surface area (Å²) >= 11 is 3.48. The van der Waals surface area contributed by atoms with Crippen LogP contribution in [-0.4, -0.2) is 6.10 Å². The molecule has 20 heavy (non-hydrogen) atoms. The molecule has 2 atom stereocenters. The molecule has 0 bridgehead atoms. The van der Waals surface area contributed by atoms with Crippen LogP contribution < -0.4 is 4.74 Å². The molecule has 0 saturated heterocycles. The molecular weight excluding hydrogens is 312 g/mol. The highest BCUT2D eigenvalue weighted by Gasteiger charge is 2.33. The number of halogens is 1. The maximum atomic E-state index is 6.18. The Kier molecular flexibility index (Phi) is 2.78. The Morgan fingerprint density at radius 3 is 2.55 bits per heavy atom. The number of hydrogen-bond acceptors (Lipinski definition) is 1. The van der Waals surface area contributed by atoms with Crippen LogP contribution in [0.15, 0.2) is 71.2 Å². The van der Waals surface area contributed by atoms with Gasteiger partial charge in [0.05, 0.1) is 0 Å². The lowest BCUT2D eigenvalue weighted by molar-refractivity contribution is 0.270. The predicted octanol–water partition coefficient (Wildman–Crippen LogP) is 5.09. The standard InChI is InChI=1S/C18H13BrO/c19-13-10-8-12(9-11-13)14-5-3-6-16-15-4-1-2-7-17(15)20-18(14)16/h1-11,15,17H. The zero-order chi connectivity index (χ0) is 13.5. The highest BCUT2D eigenvalue weighted by Crippen LogP contribution is 2.46. The van der Waals surface area contributed by atoms with Crippen LogP contribution >= 0.6 is 15.9 Å². The van der Waals surface area contributed by atoms with E-state index in [1.54, 1.807) is 0 Å². The van der Waals surface area contributed by atoms with Crippen molar-refractivity contribution in [1.29, 1.82) is 0 Å². The molecule has 1 heterocycles. The fraction of sp³-hybridized carbons (Fsp3) is 0.111. The van der Waals surface area contributed by atoms with Crippen molar-refractivity contribution in [3.8, 4) is 16.9 Å². The van der Waals surface area contributed by atoms with Crippen molar-refractivity contribution >= 4 is 15.9 Å². The van der Waals surface area contributed by atoms with E-state index in [0.29, 0.717) is 5.92 Å². The first kappa shape index (κ1) is 12.0. The van der Waals surface area contributed by atoms with Crippen molar-refractivity contribution in [1.82, 2.24) is 0 Å². The lowest BCUT2D eigenvalue weighted by Crippen LogP contribution is -2.15. The van der Waals surface area contributed by atoms with E-state index in [0.717, 1.165) is 10.2 Å². The van der Waals surface area contributed by atoms with Crippen LogP contribution in [0.3, 0.4) is 0 Å². The molecule has 2 aliphatic rings. The molecular formula is C18H13BrO. The summed E-state index contributed by atoms with van der Waals surface area (Å²) in [6, 6.07) is 14.8. The molecule has 98 valence electrons. The summed E-state index contributed by atoms with van der Waals surface area (Å²) in [5.41, 5.74) is 3.65. The summed E-state index contributed by atoms with van der Waals surface area (Å²) < 4.78 is 7.27. The van der Waals surface area contributed by atoms with E-state index in [1.165, 1.54) is 16.7 Å². The Balaban J connectivity index is 1.85. The zero-order valence-electron chi connectivity index (χ0n) is 10.8. The molecule has 1 nitrogen and oxygen atoms in total. The van der Waals surface area contributed by atoms with Gasteiger partial charge in [0.2, 0.25) is 0 Å². The van der Waals surface area contributed by atoms with Crippen molar-refractivity contribution < 1.29 is 4.74 Å². The minimum Gasteiger partial charge on any atom is -0.484 e. The fourth-order valence-electron chi connectivity index (χ4n) is 2.92. The van der Waals surface area contributed by atoms with Crippen LogP contribution in [0.2, 0.25) is 0 Å². The molecule has 2 aromatic rings. The van der Waals surface area contributed by atoms with E-state index in [2.05, 4.69) is 82.7 Å². The minimum absolute atomic E-state index is 0.145. The van der Waals surface area contributed by atoms with E-state index < -0.39 is 0 Å². The van der Waals surface area contributed by atoms with E-state index in [1.807, 2.05) is 0 Å². The first-order valence-electron chi connectivity index (χ1n) is 6.73. The molecule has 0 spiro atoms. The number of hydrogen-bond donors (Lipinski definition) is 0. The number of para-hydroxylation sites is 1. The van der Waals surface area contributed by atoms with Gasteiger partial charge in [-0.2, -0.15) is 0 Å². The summed E-state index contributed by atoms with van der Waals surface area (Å²) in [6.07, 6.45) is 8.67. The predicted molar refractivity (Wildman–Crippen MR) is 85.0 cm³/mol. The molecule has 0 radical (unpaired) electrons. The largest absolute Gasteiger partial charge is 0.484 e. The Labute approximate surface area is 126 Å². The maximum absolute atomic E-state index is 6.18. The minimum atomic E-state index is 0.145. The van der Waals surface area contributed by atoms with Crippen LogP contribution in [0, 0.1) is 0 Å². The van der Waals surface area contributed by atoms with Crippen molar-refractivity contribution in [3.63, 3.8) is 0 Å². The van der Waals surface area contributed by atoms with E-state index in [4.69, 9.17) is 4.74 Å². The zero-order valence-corrected chi connectivity index (χ0v) is 12.4. The molecule has 0 fully saturated rings. The number of fused-ring (bicyclic) bond motifs is 3. The Morgan fingerprint density at radius 1 is 0.900 bits per heavy atom. The molecule has 1 aliphatic carbocycles. The third-order valence-electron chi connectivity index (χ3n) is 3.90. The van der Waals surface area contributed by atoms with Crippen molar-refractivity contribution in [2.75, 3.05) is 0 Å². The van der Waals surface area contributed by atoms with E-state index >= 15 is 0 Å². The Morgan fingerprint density at radius 2 is 1.70 bits per heavy atom. The maximum Gasteiger partial charge on any atom is 0.132 e. The normalized spacial score (nSPS) is 22.2. The van der Waals surface area contributed by atoms with Gasteiger partial charge >= 0.3 is 0 Å². The second-order valence-corrected chi connectivity index (χ2v) is 6.02. The molecule has 0 amide bonds. The first-order chi connectivity index (χ1) is 9.83. The van der Waals surface area contributed by atoms with Gasteiger partial charge in [0.25, 0.3) is 0 Å². The third-order valence-corrected chi connectivity index (χ3v) is 4.43. The first-order valence-corrected chi connectivity index (χ1v) is 7.53. The van der Waals surface area contributed by atoms with Crippen LogP contribution in [0.4, 0.5) is 0 Å². The van der Waals surface area contributed by atoms with Gasteiger partial charge in [0.1, 0.15) is 11.9 Å². The van der Waals surface area contributed by atoms with Crippen molar-refractivity contribution in [3.05, 3.63) is 76.8 Å². The number of allylic oxidation sites excluding steroid dienone is 2. The van der Waals surface area contributed by atoms with Gasteiger partial charge in [-0.3, -0.25) is 0 Å². The second kappa shape index (κ2) is 4.64. The Hall–Kier alpha value is -1.80. The Bertz CT molecular complexity index is 713. The number of rotatable bonds is 1. The SMILES string of the molecule is Brc1ccc(-c2cccc3c2OC2C=CC=CC32)cc1. The second-order valence-electron chi connectivity index (χ2n) is 5.11. The highest BCUT2D eigenvalue weighted by atomic mass is 79.9. The van der Waals surface area contributed by atoms with Crippen LogP contribution in [0.25, 0.3) is 11.1 Å². The van der Waals surface area contributed by atoms with Gasteiger partial charge in [0.15, 0.2) is 0 Å². The van der Waals surface area contributed by atoms with Crippen molar-refractivity contribution in [2.45, 2.75) is 12.0 Å². The van der Waals surface area contributed by atoms with E-state index in [9.17, 15) is 0 Å². The summed E-state index contributed by atoms with van der Waals surface area (Å²) in [6.45, 7) is 0. The molecule has 0 aromatic heterocycles. The topological polar surface area (TPSA) is 9.23 Å². The molecule has 2 aromatic carbocycles. The smallest absolute Gasteiger partial charge is 0.132 e. The van der Waals surface area contributed by atoms with Crippen LogP contribution in [-0.2, 0) is 0 Å². The summed E-state index contributed by atoms with van der Waals surface area (Å²) in [4.78, 5) is 0. The molecule has 2 heteroatoms. The molecule has 1 aliphatic heterocycles. The molecule has 2 unspecified atom stereocenters. The van der Waals surface area contributed by atoms with Gasteiger partial charge < -0.3 is 4.74 Å². The van der Waals surface area contributed by atoms with Gasteiger partial charge in [-0.25, -0.2) is 0 Å². The summed E-state index contributed by atoms with van der Waals surface area (Å²) in [5.74, 6) is 1.38. The number of benzene rings is 2. The van der Waals surface area contributed by atoms with Crippen LogP contribution in [0.1, 0.15) is 11.5 Å². The number of ether oxygens (including phenoxy) is 1. The monoisotopic (exact) mass is 324 g/mol. The van der Waals surface area contributed by atoms with Gasteiger partial charge in [-0.05, 0) is 23.8 Å². The van der Waals surface area contributed by atoms with Gasteiger partial charge in [0, 0.05) is 21.5 Å². The lowest BCUT2D eigenvalue weighted by Gasteiger charge is -2.14. The van der Waals surface area contributed by atoms with Gasteiger partial charge in [-0.15, -0.1) is 0 Å². The molecule has 0 saturated carbocycles. The summed E-state index contributed by atoms with van der Waals surface area (Å²) in [7, 11) is 0. The quantitative estimate of drug-likeness (QED) is 0.710. The molecule has 4 rings (SSSR count).